The number of halogens is 3. The third kappa shape index (κ3) is 6.84. The number of methoxy groups -OCH3 is 2. The number of ether oxygens (including phenoxy) is 3. The van der Waals surface area contributed by atoms with E-state index in [4.69, 9.17) is 9.47 Å². The highest BCUT2D eigenvalue weighted by atomic mass is 32.1. The van der Waals surface area contributed by atoms with Crippen molar-refractivity contribution in [1.29, 1.82) is 0 Å². The molecule has 3 rings (SSSR count). The van der Waals surface area contributed by atoms with Gasteiger partial charge in [-0.05, 0) is 42.5 Å². The van der Waals surface area contributed by atoms with Crippen molar-refractivity contribution >= 4 is 34.0 Å². The minimum absolute atomic E-state index is 0.0937. The van der Waals surface area contributed by atoms with Gasteiger partial charge in [-0.3, -0.25) is 14.9 Å². The lowest BCUT2D eigenvalue weighted by molar-refractivity contribution is -0.274. The zero-order valence-electron chi connectivity index (χ0n) is 17.4. The Kier molecular flexibility index (Phi) is 7.38. The predicted octanol–water partition coefficient (Wildman–Crippen LogP) is 4.49. The summed E-state index contributed by atoms with van der Waals surface area (Å²) in [7, 11) is 2.95. The molecule has 1 aromatic heterocycles. The Bertz CT molecular complexity index is 1130. The van der Waals surface area contributed by atoms with Crippen molar-refractivity contribution in [2.75, 3.05) is 24.9 Å². The van der Waals surface area contributed by atoms with Crippen LogP contribution in [0.15, 0.2) is 47.8 Å². The van der Waals surface area contributed by atoms with Crippen LogP contribution in [0, 0.1) is 0 Å². The highest BCUT2D eigenvalue weighted by Crippen LogP contribution is 2.28. The third-order valence-electron chi connectivity index (χ3n) is 4.13. The van der Waals surface area contributed by atoms with E-state index in [1.54, 1.807) is 17.5 Å². The van der Waals surface area contributed by atoms with Gasteiger partial charge in [0.2, 0.25) is 5.91 Å². The Balaban J connectivity index is 1.56. The zero-order valence-corrected chi connectivity index (χ0v) is 18.2. The lowest BCUT2D eigenvalue weighted by Gasteiger charge is -2.09. The minimum Gasteiger partial charge on any atom is -0.493 e. The van der Waals surface area contributed by atoms with E-state index >= 15 is 0 Å². The van der Waals surface area contributed by atoms with Crippen molar-refractivity contribution in [3.05, 3.63) is 59.1 Å². The standard InChI is InChI=1S/C21H18F3N3O5S/c1-30-16-8-3-12(9-17(16)31-2)19(29)27-20-26-14(11-33-20)10-18(28)25-13-4-6-15(7-5-13)32-21(22,23)24/h3-9,11H,10H2,1-2H3,(H,25,28)(H,26,27,29). The number of benzene rings is 2. The molecular weight excluding hydrogens is 463 g/mol. The Morgan fingerprint density at radius 3 is 2.33 bits per heavy atom. The molecule has 0 spiro atoms. The van der Waals surface area contributed by atoms with Gasteiger partial charge in [-0.1, -0.05) is 0 Å². The first-order chi connectivity index (χ1) is 15.7. The number of hydrogen-bond acceptors (Lipinski definition) is 7. The van der Waals surface area contributed by atoms with Gasteiger partial charge >= 0.3 is 6.36 Å². The van der Waals surface area contributed by atoms with Crippen LogP contribution in [0.5, 0.6) is 17.2 Å². The molecule has 0 aliphatic rings. The molecule has 0 radical (unpaired) electrons. The van der Waals surface area contributed by atoms with Gasteiger partial charge in [0.05, 0.1) is 26.3 Å². The molecule has 0 saturated heterocycles. The van der Waals surface area contributed by atoms with E-state index in [0.29, 0.717) is 33.6 Å². The zero-order chi connectivity index (χ0) is 24.0. The first-order valence-corrected chi connectivity index (χ1v) is 10.2. The van der Waals surface area contributed by atoms with Crippen LogP contribution in [0.2, 0.25) is 0 Å². The van der Waals surface area contributed by atoms with E-state index < -0.39 is 23.9 Å². The predicted molar refractivity (Wildman–Crippen MR) is 115 cm³/mol. The maximum absolute atomic E-state index is 12.5. The molecular formula is C21H18F3N3O5S. The summed E-state index contributed by atoms with van der Waals surface area (Å²) < 4.78 is 50.7. The van der Waals surface area contributed by atoms with Gasteiger partial charge in [-0.25, -0.2) is 4.98 Å². The molecule has 0 fully saturated rings. The molecule has 0 bridgehead atoms. The molecule has 1 heterocycles. The second-order valence-corrected chi connectivity index (χ2v) is 7.32. The molecule has 8 nitrogen and oxygen atoms in total. The SMILES string of the molecule is COc1ccc(C(=O)Nc2nc(CC(=O)Nc3ccc(OC(F)(F)F)cc3)cs2)cc1OC. The fraction of sp³-hybridized carbons (Fsp3) is 0.190. The van der Waals surface area contributed by atoms with Gasteiger partial charge in [0.1, 0.15) is 5.75 Å². The molecule has 2 amide bonds. The van der Waals surface area contributed by atoms with E-state index in [9.17, 15) is 22.8 Å². The summed E-state index contributed by atoms with van der Waals surface area (Å²) in [5, 5.41) is 7.12. The normalized spacial score (nSPS) is 10.9. The Hall–Kier alpha value is -3.80. The number of rotatable bonds is 8. The molecule has 2 N–H and O–H groups in total. The van der Waals surface area contributed by atoms with Gasteiger partial charge in [-0.2, -0.15) is 0 Å². The topological polar surface area (TPSA) is 98.8 Å². The number of thiazole rings is 1. The van der Waals surface area contributed by atoms with E-state index in [2.05, 4.69) is 20.4 Å². The van der Waals surface area contributed by atoms with Crippen LogP contribution in [0.3, 0.4) is 0 Å². The van der Waals surface area contributed by atoms with Crippen LogP contribution < -0.4 is 24.8 Å². The summed E-state index contributed by atoms with van der Waals surface area (Å²) in [4.78, 5) is 28.9. The smallest absolute Gasteiger partial charge is 0.493 e. The fourth-order valence-electron chi connectivity index (χ4n) is 2.70. The lowest BCUT2D eigenvalue weighted by Crippen LogP contribution is -2.17. The number of hydrogen-bond donors (Lipinski definition) is 2. The van der Waals surface area contributed by atoms with Gasteiger partial charge in [0.25, 0.3) is 5.91 Å². The Morgan fingerprint density at radius 2 is 1.70 bits per heavy atom. The van der Waals surface area contributed by atoms with E-state index in [1.165, 1.54) is 32.4 Å². The minimum atomic E-state index is -4.79. The molecule has 0 unspecified atom stereocenters. The van der Waals surface area contributed by atoms with Crippen LogP contribution in [-0.4, -0.2) is 37.4 Å². The van der Waals surface area contributed by atoms with Crippen molar-refractivity contribution < 1.29 is 37.0 Å². The monoisotopic (exact) mass is 481 g/mol. The van der Waals surface area contributed by atoms with Crippen molar-refractivity contribution in [3.8, 4) is 17.2 Å². The van der Waals surface area contributed by atoms with Gasteiger partial charge < -0.3 is 19.5 Å². The molecule has 12 heteroatoms. The largest absolute Gasteiger partial charge is 0.573 e. The van der Waals surface area contributed by atoms with Crippen molar-refractivity contribution in [3.63, 3.8) is 0 Å². The second kappa shape index (κ2) is 10.2. The first kappa shape index (κ1) is 23.9. The van der Waals surface area contributed by atoms with Crippen molar-refractivity contribution in [2.24, 2.45) is 0 Å². The lowest BCUT2D eigenvalue weighted by atomic mass is 10.2. The number of aromatic nitrogens is 1. The van der Waals surface area contributed by atoms with Gasteiger partial charge in [0, 0.05) is 16.6 Å². The quantitative estimate of drug-likeness (QED) is 0.492. The van der Waals surface area contributed by atoms with Crippen molar-refractivity contribution in [1.82, 2.24) is 4.98 Å². The molecule has 0 saturated carbocycles. The number of alkyl halides is 3. The summed E-state index contributed by atoms with van der Waals surface area (Å²) in [5.41, 5.74) is 1.05. The van der Waals surface area contributed by atoms with E-state index in [1.807, 2.05) is 0 Å². The van der Waals surface area contributed by atoms with E-state index in [0.717, 1.165) is 23.5 Å². The molecule has 33 heavy (non-hydrogen) atoms. The summed E-state index contributed by atoms with van der Waals surface area (Å²) in [6.07, 6.45) is -4.88. The first-order valence-electron chi connectivity index (χ1n) is 9.30. The second-order valence-electron chi connectivity index (χ2n) is 6.47. The molecule has 0 atom stereocenters. The van der Waals surface area contributed by atoms with Crippen LogP contribution in [0.25, 0.3) is 0 Å². The molecule has 0 aliphatic carbocycles. The van der Waals surface area contributed by atoms with Crippen molar-refractivity contribution in [2.45, 2.75) is 12.8 Å². The van der Waals surface area contributed by atoms with E-state index in [-0.39, 0.29) is 6.42 Å². The highest BCUT2D eigenvalue weighted by molar-refractivity contribution is 7.14. The number of nitrogens with zero attached hydrogens (tertiary/aromatic N) is 1. The average Bonchev–Trinajstić information content (AvgIpc) is 3.19. The van der Waals surface area contributed by atoms with Crippen LogP contribution in [-0.2, 0) is 11.2 Å². The number of carbonyl (C=O) groups is 2. The maximum Gasteiger partial charge on any atom is 0.573 e. The van der Waals surface area contributed by atoms with Gasteiger partial charge in [-0.15, -0.1) is 24.5 Å². The Morgan fingerprint density at radius 1 is 1.00 bits per heavy atom. The van der Waals surface area contributed by atoms with Gasteiger partial charge in [0.15, 0.2) is 16.6 Å². The molecule has 0 aliphatic heterocycles. The van der Waals surface area contributed by atoms with Crippen LogP contribution in [0.1, 0.15) is 16.1 Å². The third-order valence-corrected chi connectivity index (χ3v) is 4.94. The molecule has 174 valence electrons. The number of amides is 2. The molecule has 2 aromatic carbocycles. The summed E-state index contributed by atoms with van der Waals surface area (Å²) in [6.45, 7) is 0. The summed E-state index contributed by atoms with van der Waals surface area (Å²) in [5.74, 6) is -0.348. The highest BCUT2D eigenvalue weighted by Gasteiger charge is 2.31. The molecule has 3 aromatic rings. The number of carbonyl (C=O) groups excluding carboxylic acids is 2. The summed E-state index contributed by atoms with van der Waals surface area (Å²) in [6, 6.07) is 9.46. The van der Waals surface area contributed by atoms with Crippen LogP contribution >= 0.6 is 11.3 Å². The number of nitrogens with one attached hydrogen (secondary N) is 2. The fourth-order valence-corrected chi connectivity index (χ4v) is 3.41. The summed E-state index contributed by atoms with van der Waals surface area (Å²) >= 11 is 1.14. The maximum atomic E-state index is 12.5. The number of anilines is 2. The Labute approximate surface area is 190 Å². The average molecular weight is 481 g/mol. The van der Waals surface area contributed by atoms with Crippen LogP contribution in [0.4, 0.5) is 24.0 Å².